The van der Waals surface area contributed by atoms with Crippen LogP contribution in [-0.4, -0.2) is 76.3 Å². The van der Waals surface area contributed by atoms with Crippen molar-refractivity contribution in [1.82, 2.24) is 29.9 Å². The van der Waals surface area contributed by atoms with E-state index < -0.39 is 11.7 Å². The van der Waals surface area contributed by atoms with Gasteiger partial charge in [-0.25, -0.2) is 9.67 Å². The minimum atomic E-state index is -4.45. The van der Waals surface area contributed by atoms with Gasteiger partial charge in [0, 0.05) is 45.0 Å². The highest BCUT2D eigenvalue weighted by atomic mass is 19.4. The zero-order chi connectivity index (χ0) is 22.8. The number of likely N-dealkylation sites (N-methyl/N-ethyl adjacent to an activating group) is 1. The summed E-state index contributed by atoms with van der Waals surface area (Å²) in [6.45, 7) is 10.4. The van der Waals surface area contributed by atoms with Gasteiger partial charge in [-0.05, 0) is 32.0 Å². The van der Waals surface area contributed by atoms with Crippen LogP contribution in [0.2, 0.25) is 0 Å². The first-order chi connectivity index (χ1) is 14.6. The lowest BCUT2D eigenvalue weighted by atomic mass is 10.0. The molecule has 1 N–H and O–H groups in total. The Bertz CT molecular complexity index is 886. The van der Waals surface area contributed by atoms with Gasteiger partial charge >= 0.3 is 6.18 Å². The van der Waals surface area contributed by atoms with Crippen LogP contribution >= 0.6 is 0 Å². The number of carbonyl (C=O) groups is 1. The molecule has 1 amide bonds. The predicted octanol–water partition coefficient (Wildman–Crippen LogP) is 2.60. The number of hydrogen-bond donors (Lipinski definition) is 1. The highest BCUT2D eigenvalue weighted by Crippen LogP contribution is 2.28. The Labute approximate surface area is 180 Å². The molecule has 3 rings (SSSR count). The van der Waals surface area contributed by atoms with Crippen molar-refractivity contribution in [3.63, 3.8) is 0 Å². The maximum Gasteiger partial charge on any atom is 0.417 e. The van der Waals surface area contributed by atoms with E-state index in [2.05, 4.69) is 46.1 Å². The lowest BCUT2D eigenvalue weighted by Gasteiger charge is -2.39. The van der Waals surface area contributed by atoms with E-state index in [9.17, 15) is 18.0 Å². The van der Waals surface area contributed by atoms with Crippen molar-refractivity contribution < 1.29 is 18.0 Å². The number of alkyl halides is 3. The molecule has 0 bridgehead atoms. The largest absolute Gasteiger partial charge is 0.417 e. The van der Waals surface area contributed by atoms with Crippen LogP contribution < -0.4 is 5.32 Å². The molecule has 0 saturated carbocycles. The number of carbonyl (C=O) groups excluding carboxylic acids is 1. The lowest BCUT2D eigenvalue weighted by molar-refractivity contribution is -0.137. The molecule has 1 aliphatic rings. The van der Waals surface area contributed by atoms with E-state index >= 15 is 0 Å². The van der Waals surface area contributed by atoms with Gasteiger partial charge in [0.1, 0.15) is 0 Å². The second kappa shape index (κ2) is 9.35. The summed E-state index contributed by atoms with van der Waals surface area (Å²) in [4.78, 5) is 21.4. The highest BCUT2D eigenvalue weighted by Gasteiger charge is 2.31. The molecule has 2 aromatic heterocycles. The summed E-state index contributed by atoms with van der Waals surface area (Å²) in [5.74, 6) is 0.348. The summed E-state index contributed by atoms with van der Waals surface area (Å²) in [7, 11) is 2.11. The van der Waals surface area contributed by atoms with Gasteiger partial charge in [-0.3, -0.25) is 9.69 Å². The van der Waals surface area contributed by atoms with Gasteiger partial charge in [0.05, 0.1) is 23.0 Å². The van der Waals surface area contributed by atoms with Crippen molar-refractivity contribution in [3.8, 4) is 5.82 Å². The van der Waals surface area contributed by atoms with Crippen LogP contribution in [0.3, 0.4) is 0 Å². The Morgan fingerprint density at radius 2 is 1.84 bits per heavy atom. The summed E-state index contributed by atoms with van der Waals surface area (Å²) in [6.07, 6.45) is -2.27. The number of nitrogens with one attached hydrogen (secondary N) is 1. The molecule has 1 atom stereocenters. The summed E-state index contributed by atoms with van der Waals surface area (Å²) in [5, 5.41) is 7.16. The summed E-state index contributed by atoms with van der Waals surface area (Å²) < 4.78 is 39.6. The van der Waals surface area contributed by atoms with Crippen LogP contribution in [0.25, 0.3) is 5.82 Å². The van der Waals surface area contributed by atoms with E-state index in [1.807, 2.05) is 0 Å². The molecule has 1 saturated heterocycles. The highest BCUT2D eigenvalue weighted by molar-refractivity contribution is 5.95. The monoisotopic (exact) mass is 438 g/mol. The van der Waals surface area contributed by atoms with Gasteiger partial charge in [-0.1, -0.05) is 13.8 Å². The third-order valence-corrected chi connectivity index (χ3v) is 5.79. The molecular weight excluding hydrogens is 409 g/mol. The molecule has 1 unspecified atom stereocenters. The van der Waals surface area contributed by atoms with Gasteiger partial charge in [0.25, 0.3) is 5.91 Å². The minimum absolute atomic E-state index is 0.224. The fourth-order valence-electron chi connectivity index (χ4n) is 3.78. The number of halogens is 3. The number of aromatic nitrogens is 3. The van der Waals surface area contributed by atoms with Crippen molar-refractivity contribution in [1.29, 1.82) is 0 Å². The molecule has 31 heavy (non-hydrogen) atoms. The second-order valence-corrected chi connectivity index (χ2v) is 8.32. The molecule has 1 aliphatic heterocycles. The van der Waals surface area contributed by atoms with Crippen LogP contribution in [0.15, 0.2) is 24.5 Å². The van der Waals surface area contributed by atoms with Gasteiger partial charge in [0.2, 0.25) is 0 Å². The van der Waals surface area contributed by atoms with Crippen LogP contribution in [0.5, 0.6) is 0 Å². The third-order valence-electron chi connectivity index (χ3n) is 5.79. The number of rotatable bonds is 6. The maximum absolute atomic E-state index is 12.8. The maximum atomic E-state index is 12.8. The van der Waals surface area contributed by atoms with Crippen molar-refractivity contribution in [2.24, 2.45) is 5.92 Å². The van der Waals surface area contributed by atoms with Gasteiger partial charge in [-0.15, -0.1) is 0 Å². The van der Waals surface area contributed by atoms with E-state index in [0.29, 0.717) is 23.7 Å². The predicted molar refractivity (Wildman–Crippen MR) is 111 cm³/mol. The molecule has 0 aromatic carbocycles. The first kappa shape index (κ1) is 23.2. The van der Waals surface area contributed by atoms with Crippen LogP contribution in [0.1, 0.15) is 35.5 Å². The zero-order valence-electron chi connectivity index (χ0n) is 18.3. The van der Waals surface area contributed by atoms with Crippen molar-refractivity contribution in [2.45, 2.75) is 33.0 Å². The SMILES string of the molecule is Cc1c(C(=O)NCC(C(C)C)N2CCN(C)CC2)cnn1-c1ccc(C(F)(F)F)cn1. The van der Waals surface area contributed by atoms with E-state index in [0.717, 1.165) is 38.4 Å². The standard InChI is InChI=1S/C21H29F3N6O/c1-14(2)18(29-9-7-28(4)8-10-29)13-26-20(31)17-12-27-30(15(17)3)19-6-5-16(11-25-19)21(22,23)24/h5-6,11-12,14,18H,7-10,13H2,1-4H3,(H,26,31). The fraction of sp³-hybridized carbons (Fsp3) is 0.571. The van der Waals surface area contributed by atoms with Crippen molar-refractivity contribution in [3.05, 3.63) is 41.3 Å². The quantitative estimate of drug-likeness (QED) is 0.751. The smallest absolute Gasteiger partial charge is 0.350 e. The number of hydrogen-bond acceptors (Lipinski definition) is 5. The molecule has 3 heterocycles. The number of amides is 1. The molecule has 2 aromatic rings. The first-order valence-corrected chi connectivity index (χ1v) is 10.4. The molecule has 10 heteroatoms. The Morgan fingerprint density at radius 1 is 1.16 bits per heavy atom. The third kappa shape index (κ3) is 5.43. The minimum Gasteiger partial charge on any atom is -0.350 e. The Kier molecular flexibility index (Phi) is 7.00. The molecular formula is C21H29F3N6O. The Morgan fingerprint density at radius 3 is 2.39 bits per heavy atom. The Balaban J connectivity index is 1.68. The normalized spacial score (nSPS) is 17.2. The lowest BCUT2D eigenvalue weighted by Crippen LogP contribution is -2.54. The average molecular weight is 438 g/mol. The number of piperazine rings is 1. The summed E-state index contributed by atoms with van der Waals surface area (Å²) in [6, 6.07) is 2.42. The molecule has 1 fully saturated rings. The van der Waals surface area contributed by atoms with E-state index in [4.69, 9.17) is 0 Å². The second-order valence-electron chi connectivity index (χ2n) is 8.32. The van der Waals surface area contributed by atoms with Crippen molar-refractivity contribution >= 4 is 5.91 Å². The van der Waals surface area contributed by atoms with Gasteiger partial charge < -0.3 is 10.2 Å². The fourth-order valence-corrected chi connectivity index (χ4v) is 3.78. The zero-order valence-corrected chi connectivity index (χ0v) is 18.3. The van der Waals surface area contributed by atoms with Crippen LogP contribution in [-0.2, 0) is 6.18 Å². The summed E-state index contributed by atoms with van der Waals surface area (Å²) >= 11 is 0. The average Bonchev–Trinajstić information content (AvgIpc) is 3.10. The topological polar surface area (TPSA) is 66.3 Å². The van der Waals surface area contributed by atoms with Gasteiger partial charge in [0.15, 0.2) is 5.82 Å². The van der Waals surface area contributed by atoms with Gasteiger partial charge in [-0.2, -0.15) is 18.3 Å². The van der Waals surface area contributed by atoms with Crippen LogP contribution in [0, 0.1) is 12.8 Å². The van der Waals surface area contributed by atoms with Crippen molar-refractivity contribution in [2.75, 3.05) is 39.8 Å². The van der Waals surface area contributed by atoms with Crippen LogP contribution in [0.4, 0.5) is 13.2 Å². The van der Waals surface area contributed by atoms with E-state index in [1.54, 1.807) is 6.92 Å². The molecule has 0 spiro atoms. The summed E-state index contributed by atoms with van der Waals surface area (Å²) in [5.41, 5.74) is 0.0655. The molecule has 0 radical (unpaired) electrons. The number of pyridine rings is 1. The van der Waals surface area contributed by atoms with E-state index in [-0.39, 0.29) is 17.8 Å². The van der Waals surface area contributed by atoms with E-state index in [1.165, 1.54) is 16.9 Å². The molecule has 7 nitrogen and oxygen atoms in total. The molecule has 170 valence electrons. The number of nitrogens with zero attached hydrogens (tertiary/aromatic N) is 5. The Hall–Kier alpha value is -2.46. The molecule has 0 aliphatic carbocycles. The first-order valence-electron chi connectivity index (χ1n) is 10.4.